The van der Waals surface area contributed by atoms with E-state index in [9.17, 15) is 0 Å². The van der Waals surface area contributed by atoms with Gasteiger partial charge >= 0.3 is 0 Å². The zero-order valence-electron chi connectivity index (χ0n) is 21.5. The highest BCUT2D eigenvalue weighted by molar-refractivity contribution is 7.30. The molecule has 0 saturated carbocycles. The van der Waals surface area contributed by atoms with Crippen LogP contribution in [0, 0.1) is 0 Å². The topological polar surface area (TPSA) is 0 Å². The smallest absolute Gasteiger partial charge is 0.0539 e. The van der Waals surface area contributed by atoms with Crippen LogP contribution < -0.4 is 0 Å². The van der Waals surface area contributed by atoms with Gasteiger partial charge in [0.15, 0.2) is 0 Å². The fourth-order valence-electron chi connectivity index (χ4n) is 6.59. The predicted molar refractivity (Wildman–Crippen MR) is 178 cm³/mol. The van der Waals surface area contributed by atoms with Crippen LogP contribution in [0.2, 0.25) is 0 Å². The fourth-order valence-corrected chi connectivity index (χ4v) is 8.86. The molecule has 2 heteroatoms. The van der Waals surface area contributed by atoms with E-state index in [0.717, 1.165) is 0 Å². The maximum Gasteiger partial charge on any atom is 0.0539 e. The Morgan fingerprint density at radius 2 is 1.05 bits per heavy atom. The van der Waals surface area contributed by atoms with Gasteiger partial charge in [0, 0.05) is 15.5 Å². The summed E-state index contributed by atoms with van der Waals surface area (Å²) in [7, 11) is 0. The molecule has 0 amide bonds. The van der Waals surface area contributed by atoms with E-state index in [2.05, 4.69) is 133 Å². The van der Waals surface area contributed by atoms with E-state index >= 15 is 0 Å². The minimum absolute atomic E-state index is 1.26. The van der Waals surface area contributed by atoms with E-state index < -0.39 is 0 Å². The Morgan fingerprint density at radius 1 is 0.425 bits per heavy atom. The molecule has 0 radical (unpaired) electrons. The van der Waals surface area contributed by atoms with Crippen molar-refractivity contribution >= 4 is 85.2 Å². The normalized spacial score (nSPS) is 12.0. The summed E-state index contributed by atoms with van der Waals surface area (Å²) in [4.78, 5) is 0. The lowest BCUT2D eigenvalue weighted by atomic mass is 9.84. The molecule has 9 aromatic rings. The molecule has 40 heavy (non-hydrogen) atoms. The lowest BCUT2D eigenvalue weighted by Gasteiger charge is -2.19. The fraction of sp³-hybridized carbons (Fsp3) is 0. The van der Waals surface area contributed by atoms with Gasteiger partial charge in [-0.05, 0) is 89.6 Å². The Bertz CT molecular complexity index is 2380. The maximum absolute atomic E-state index is 2.44. The number of hydrogen-bond donors (Lipinski definition) is 0. The van der Waals surface area contributed by atoms with E-state index in [4.69, 9.17) is 0 Å². The van der Waals surface area contributed by atoms with Crippen LogP contribution in [0.25, 0.3) is 84.8 Å². The van der Waals surface area contributed by atoms with Crippen molar-refractivity contribution in [2.45, 2.75) is 0 Å². The van der Waals surface area contributed by atoms with Gasteiger partial charge in [-0.2, -0.15) is 0 Å². The monoisotopic (exact) mass is 542 g/mol. The van der Waals surface area contributed by atoms with Crippen LogP contribution >= 0.6 is 22.7 Å². The third-order valence-corrected chi connectivity index (χ3v) is 10.6. The van der Waals surface area contributed by atoms with Crippen LogP contribution in [0.15, 0.2) is 133 Å². The van der Waals surface area contributed by atoms with Gasteiger partial charge in [0.25, 0.3) is 0 Å². The van der Waals surface area contributed by atoms with Crippen LogP contribution in [0.5, 0.6) is 0 Å². The van der Waals surface area contributed by atoms with Gasteiger partial charge in [-0.15, -0.1) is 22.7 Å². The molecular weight excluding hydrogens is 521 g/mol. The molecule has 0 aliphatic heterocycles. The van der Waals surface area contributed by atoms with Gasteiger partial charge in [0.1, 0.15) is 0 Å². The highest BCUT2D eigenvalue weighted by atomic mass is 32.1. The van der Waals surface area contributed by atoms with Crippen molar-refractivity contribution in [2.75, 3.05) is 0 Å². The van der Waals surface area contributed by atoms with E-state index in [1.807, 2.05) is 22.7 Å². The molecular formula is C38H22S2. The molecule has 0 saturated heterocycles. The molecule has 2 aromatic heterocycles. The molecule has 0 aliphatic carbocycles. The molecule has 0 spiro atoms. The van der Waals surface area contributed by atoms with Crippen molar-refractivity contribution in [2.24, 2.45) is 0 Å². The largest absolute Gasteiger partial charge is 0.142 e. The third-order valence-electron chi connectivity index (χ3n) is 8.31. The zero-order valence-corrected chi connectivity index (χ0v) is 23.2. The first kappa shape index (κ1) is 22.3. The van der Waals surface area contributed by atoms with Gasteiger partial charge in [-0.3, -0.25) is 0 Å². The third kappa shape index (κ3) is 3.12. The lowest BCUT2D eigenvalue weighted by molar-refractivity contribution is 1.69. The number of thiophene rings is 2. The van der Waals surface area contributed by atoms with E-state index in [0.29, 0.717) is 0 Å². The first-order valence-corrected chi connectivity index (χ1v) is 15.3. The first-order chi connectivity index (χ1) is 19.8. The van der Waals surface area contributed by atoms with E-state index in [1.165, 1.54) is 84.8 Å². The Balaban J connectivity index is 1.48. The van der Waals surface area contributed by atoms with Crippen molar-refractivity contribution in [3.05, 3.63) is 133 Å². The summed E-state index contributed by atoms with van der Waals surface area (Å²) in [5.74, 6) is 0. The summed E-state index contributed by atoms with van der Waals surface area (Å²) in [6.45, 7) is 0. The van der Waals surface area contributed by atoms with Crippen LogP contribution in [0.4, 0.5) is 0 Å². The number of fused-ring (bicyclic) bond motifs is 8. The van der Waals surface area contributed by atoms with Crippen molar-refractivity contribution in [1.82, 2.24) is 0 Å². The quantitative estimate of drug-likeness (QED) is 0.191. The van der Waals surface area contributed by atoms with Gasteiger partial charge in [-0.25, -0.2) is 0 Å². The predicted octanol–water partition coefficient (Wildman–Crippen LogP) is 12.1. The SMILES string of the molecule is c1ccc2cc(-c3c4ccccc4c(-c4cc5ccsc5c5sc6ccccc6c45)c4ccccc34)ccc2c1. The second-order valence-corrected chi connectivity index (χ2v) is 12.4. The molecule has 0 nitrogen and oxygen atoms in total. The Morgan fingerprint density at radius 3 is 1.80 bits per heavy atom. The summed E-state index contributed by atoms with van der Waals surface area (Å²) < 4.78 is 4.14. The molecule has 0 fully saturated rings. The van der Waals surface area contributed by atoms with Crippen LogP contribution in [-0.4, -0.2) is 0 Å². The molecule has 0 atom stereocenters. The maximum atomic E-state index is 2.44. The van der Waals surface area contributed by atoms with Crippen LogP contribution in [-0.2, 0) is 0 Å². The Kier molecular flexibility index (Phi) is 4.74. The van der Waals surface area contributed by atoms with Crippen molar-refractivity contribution in [3.63, 3.8) is 0 Å². The van der Waals surface area contributed by atoms with Crippen molar-refractivity contribution < 1.29 is 0 Å². The van der Waals surface area contributed by atoms with E-state index in [-0.39, 0.29) is 0 Å². The summed E-state index contributed by atoms with van der Waals surface area (Å²) in [6.07, 6.45) is 0. The van der Waals surface area contributed by atoms with Gasteiger partial charge in [-0.1, -0.05) is 103 Å². The molecule has 7 aromatic carbocycles. The molecule has 0 aliphatic rings. The average molecular weight is 543 g/mol. The van der Waals surface area contributed by atoms with Gasteiger partial charge in [0.2, 0.25) is 0 Å². The van der Waals surface area contributed by atoms with Gasteiger partial charge in [0.05, 0.1) is 9.40 Å². The molecule has 0 unspecified atom stereocenters. The highest BCUT2D eigenvalue weighted by Gasteiger charge is 2.21. The summed E-state index contributed by atoms with van der Waals surface area (Å²) >= 11 is 3.78. The van der Waals surface area contributed by atoms with Gasteiger partial charge < -0.3 is 0 Å². The molecule has 186 valence electrons. The molecule has 0 bridgehead atoms. The van der Waals surface area contributed by atoms with E-state index in [1.54, 1.807) is 0 Å². The van der Waals surface area contributed by atoms with Crippen LogP contribution in [0.3, 0.4) is 0 Å². The second-order valence-electron chi connectivity index (χ2n) is 10.5. The minimum atomic E-state index is 1.26. The standard InChI is InChI=1S/C38H22S2/c1-2-10-24-21-25(18-17-23(24)9-1)34-27-11-3-5-13-29(27)35(30-14-6-4-12-28(30)34)32-22-26-19-20-39-37(26)38-36(32)31-15-7-8-16-33(31)40-38/h1-22H. The van der Waals surface area contributed by atoms with Crippen molar-refractivity contribution in [1.29, 1.82) is 0 Å². The number of benzene rings is 7. The number of rotatable bonds is 2. The second kappa shape index (κ2) is 8.50. The highest BCUT2D eigenvalue weighted by Crippen LogP contribution is 2.50. The first-order valence-electron chi connectivity index (χ1n) is 13.6. The Hall–Kier alpha value is -4.50. The summed E-state index contributed by atoms with van der Waals surface area (Å²) in [5.41, 5.74) is 5.23. The minimum Gasteiger partial charge on any atom is -0.142 e. The molecule has 9 rings (SSSR count). The summed E-state index contributed by atoms with van der Waals surface area (Å²) in [6, 6.07) is 47.2. The zero-order chi connectivity index (χ0) is 26.2. The Labute approximate surface area is 239 Å². The lowest BCUT2D eigenvalue weighted by Crippen LogP contribution is -1.91. The molecule has 2 heterocycles. The summed E-state index contributed by atoms with van der Waals surface area (Å²) in [5, 5.41) is 14.0. The van der Waals surface area contributed by atoms with Crippen molar-refractivity contribution in [3.8, 4) is 22.3 Å². The number of hydrogen-bond acceptors (Lipinski definition) is 2. The molecule has 0 N–H and O–H groups in total. The van der Waals surface area contributed by atoms with Crippen LogP contribution in [0.1, 0.15) is 0 Å². The average Bonchev–Trinajstić information content (AvgIpc) is 3.64.